The predicted octanol–water partition coefficient (Wildman–Crippen LogP) is 4.40. The zero-order valence-corrected chi connectivity index (χ0v) is 16.2. The number of nitrogens with zero attached hydrogens (tertiary/aromatic N) is 3. The third kappa shape index (κ3) is 3.16. The summed E-state index contributed by atoms with van der Waals surface area (Å²) in [5.74, 6) is 1.80. The van der Waals surface area contributed by atoms with Crippen molar-refractivity contribution in [1.82, 2.24) is 9.78 Å². The van der Waals surface area contributed by atoms with Gasteiger partial charge in [-0.15, -0.1) is 0 Å². The number of carbonyl (C=O) groups is 1. The van der Waals surface area contributed by atoms with Gasteiger partial charge in [0.1, 0.15) is 5.82 Å². The molecule has 0 radical (unpaired) electrons. The topological polar surface area (TPSA) is 90.1 Å². The highest BCUT2D eigenvalue weighted by Gasteiger charge is 2.26. The Kier molecular flexibility index (Phi) is 4.64. The van der Waals surface area contributed by atoms with Gasteiger partial charge in [-0.25, -0.2) is 4.68 Å². The number of rotatable bonds is 4. The minimum Gasteiger partial charge on any atom is -0.306 e. The van der Waals surface area contributed by atoms with Crippen LogP contribution >= 0.6 is 11.8 Å². The number of benzene rings is 2. The fourth-order valence-corrected chi connectivity index (χ4v) is 4.28. The van der Waals surface area contributed by atoms with Gasteiger partial charge >= 0.3 is 0 Å². The van der Waals surface area contributed by atoms with Gasteiger partial charge in [0.15, 0.2) is 0 Å². The van der Waals surface area contributed by atoms with Gasteiger partial charge in [0.25, 0.3) is 11.6 Å². The summed E-state index contributed by atoms with van der Waals surface area (Å²) in [5, 5.41) is 18.8. The first-order valence-electron chi connectivity index (χ1n) is 8.76. The lowest BCUT2D eigenvalue weighted by Gasteiger charge is -2.13. The maximum absolute atomic E-state index is 12.9. The maximum Gasteiger partial charge on any atom is 0.273 e. The van der Waals surface area contributed by atoms with Crippen LogP contribution in [0.2, 0.25) is 0 Å². The molecule has 0 fully saturated rings. The Morgan fingerprint density at radius 2 is 1.96 bits per heavy atom. The highest BCUT2D eigenvalue weighted by Crippen LogP contribution is 2.36. The average molecular weight is 394 g/mol. The molecule has 2 heterocycles. The summed E-state index contributed by atoms with van der Waals surface area (Å²) in [7, 11) is 0. The van der Waals surface area contributed by atoms with Crippen molar-refractivity contribution in [2.24, 2.45) is 0 Å². The van der Waals surface area contributed by atoms with Crippen LogP contribution in [-0.4, -0.2) is 20.6 Å². The van der Waals surface area contributed by atoms with E-state index in [9.17, 15) is 14.9 Å². The Morgan fingerprint density at radius 3 is 2.71 bits per heavy atom. The lowest BCUT2D eigenvalue weighted by molar-refractivity contribution is -0.385. The number of amides is 1. The fourth-order valence-electron chi connectivity index (χ4n) is 3.24. The van der Waals surface area contributed by atoms with Crippen LogP contribution in [0.25, 0.3) is 5.69 Å². The Bertz CT molecular complexity index is 1110. The summed E-state index contributed by atoms with van der Waals surface area (Å²) >= 11 is 1.75. The van der Waals surface area contributed by atoms with Crippen LogP contribution in [0.5, 0.6) is 0 Å². The lowest BCUT2D eigenvalue weighted by Crippen LogP contribution is -2.17. The maximum atomic E-state index is 12.9. The molecule has 4 rings (SSSR count). The summed E-state index contributed by atoms with van der Waals surface area (Å²) in [4.78, 5) is 23.6. The molecule has 8 heteroatoms. The standard InChI is InChI=1S/C20H18N4O3S/c1-12-5-3-4-6-17(12)23-19(15-10-28-11-16(15)22-23)21-20(25)14-8-7-13(2)18(9-14)24(26)27/h3-9H,10-11H2,1-2H3,(H,21,25). The van der Waals surface area contributed by atoms with E-state index in [2.05, 4.69) is 5.32 Å². The third-order valence-electron chi connectivity index (χ3n) is 4.80. The van der Waals surface area contributed by atoms with Gasteiger partial charge < -0.3 is 5.32 Å². The summed E-state index contributed by atoms with van der Waals surface area (Å²) < 4.78 is 1.76. The van der Waals surface area contributed by atoms with Gasteiger partial charge in [-0.2, -0.15) is 16.9 Å². The van der Waals surface area contributed by atoms with Crippen molar-refractivity contribution in [3.63, 3.8) is 0 Å². The largest absolute Gasteiger partial charge is 0.306 e. The molecule has 0 bridgehead atoms. The second-order valence-corrected chi connectivity index (χ2v) is 7.66. The zero-order chi connectivity index (χ0) is 19.8. The summed E-state index contributed by atoms with van der Waals surface area (Å²) in [6.45, 7) is 3.64. The lowest BCUT2D eigenvalue weighted by atomic mass is 10.1. The van der Waals surface area contributed by atoms with Gasteiger partial charge in [0.2, 0.25) is 0 Å². The van der Waals surface area contributed by atoms with E-state index >= 15 is 0 Å². The average Bonchev–Trinajstić information content (AvgIpc) is 3.25. The van der Waals surface area contributed by atoms with Crippen molar-refractivity contribution in [3.8, 4) is 5.69 Å². The van der Waals surface area contributed by atoms with Crippen LogP contribution in [0.1, 0.15) is 32.7 Å². The van der Waals surface area contributed by atoms with Crippen molar-refractivity contribution in [2.45, 2.75) is 25.4 Å². The molecule has 3 aromatic rings. The molecule has 0 aliphatic carbocycles. The summed E-state index contributed by atoms with van der Waals surface area (Å²) in [5.41, 5.74) is 4.59. The molecule has 0 saturated heterocycles. The van der Waals surface area contributed by atoms with E-state index in [0.29, 0.717) is 11.4 Å². The van der Waals surface area contributed by atoms with Crippen molar-refractivity contribution in [1.29, 1.82) is 0 Å². The van der Waals surface area contributed by atoms with Crippen molar-refractivity contribution in [2.75, 3.05) is 5.32 Å². The SMILES string of the molecule is Cc1ccccc1-n1nc2c(c1NC(=O)c1ccc(C)c([N+](=O)[O-])c1)CSC2. The summed E-state index contributed by atoms with van der Waals surface area (Å²) in [6, 6.07) is 12.3. The molecule has 0 spiro atoms. The first kappa shape index (κ1) is 18.2. The van der Waals surface area contributed by atoms with Crippen molar-refractivity contribution in [3.05, 3.63) is 80.5 Å². The van der Waals surface area contributed by atoms with Crippen LogP contribution < -0.4 is 5.32 Å². The number of aryl methyl sites for hydroxylation is 2. The van der Waals surface area contributed by atoms with Gasteiger partial charge in [-0.05, 0) is 31.5 Å². The number of carbonyl (C=O) groups excluding carboxylic acids is 1. The predicted molar refractivity (Wildman–Crippen MR) is 109 cm³/mol. The van der Waals surface area contributed by atoms with Gasteiger partial charge in [-0.3, -0.25) is 14.9 Å². The Hall–Kier alpha value is -3.13. The van der Waals surface area contributed by atoms with E-state index in [4.69, 9.17) is 5.10 Å². The van der Waals surface area contributed by atoms with Crippen LogP contribution in [0.3, 0.4) is 0 Å². The Labute approximate surface area is 165 Å². The number of fused-ring (bicyclic) bond motifs is 1. The minimum absolute atomic E-state index is 0.0687. The Balaban J connectivity index is 1.74. The molecule has 0 atom stereocenters. The highest BCUT2D eigenvalue weighted by molar-refractivity contribution is 7.98. The quantitative estimate of drug-likeness (QED) is 0.523. The van der Waals surface area contributed by atoms with Gasteiger partial charge in [-0.1, -0.05) is 24.3 Å². The normalized spacial score (nSPS) is 12.6. The highest BCUT2D eigenvalue weighted by atomic mass is 32.2. The molecule has 0 unspecified atom stereocenters. The zero-order valence-electron chi connectivity index (χ0n) is 15.4. The van der Waals surface area contributed by atoms with E-state index in [-0.39, 0.29) is 11.3 Å². The van der Waals surface area contributed by atoms with Crippen LogP contribution in [-0.2, 0) is 11.5 Å². The van der Waals surface area contributed by atoms with E-state index < -0.39 is 10.8 Å². The molecule has 28 heavy (non-hydrogen) atoms. The number of anilines is 1. The molecule has 142 valence electrons. The second-order valence-electron chi connectivity index (χ2n) is 6.68. The number of aromatic nitrogens is 2. The minimum atomic E-state index is -0.474. The molecule has 0 saturated carbocycles. The van der Waals surface area contributed by atoms with E-state index in [1.54, 1.807) is 35.5 Å². The number of para-hydroxylation sites is 1. The molecule has 2 aromatic carbocycles. The summed E-state index contributed by atoms with van der Waals surface area (Å²) in [6.07, 6.45) is 0. The van der Waals surface area contributed by atoms with Crippen molar-refractivity contribution >= 4 is 29.2 Å². The molecular formula is C20H18N4O3S. The molecule has 1 N–H and O–H groups in total. The fraction of sp³-hybridized carbons (Fsp3) is 0.200. The number of nitrogens with one attached hydrogen (secondary N) is 1. The number of hydrogen-bond donors (Lipinski definition) is 1. The second kappa shape index (κ2) is 7.12. The molecular weight excluding hydrogens is 376 g/mol. The number of hydrogen-bond acceptors (Lipinski definition) is 5. The molecule has 1 aliphatic heterocycles. The van der Waals surface area contributed by atoms with E-state index in [0.717, 1.165) is 34.0 Å². The number of nitro groups is 1. The van der Waals surface area contributed by atoms with Crippen molar-refractivity contribution < 1.29 is 9.72 Å². The first-order chi connectivity index (χ1) is 13.5. The molecule has 1 amide bonds. The van der Waals surface area contributed by atoms with E-state index in [1.165, 1.54) is 6.07 Å². The molecule has 1 aliphatic rings. The van der Waals surface area contributed by atoms with Crippen LogP contribution in [0.4, 0.5) is 11.5 Å². The first-order valence-corrected chi connectivity index (χ1v) is 9.92. The third-order valence-corrected chi connectivity index (χ3v) is 5.77. The Morgan fingerprint density at radius 1 is 1.18 bits per heavy atom. The van der Waals surface area contributed by atoms with Gasteiger partial charge in [0.05, 0.1) is 16.3 Å². The number of nitro benzene ring substituents is 1. The monoisotopic (exact) mass is 394 g/mol. The van der Waals surface area contributed by atoms with Crippen LogP contribution in [0.15, 0.2) is 42.5 Å². The van der Waals surface area contributed by atoms with Crippen LogP contribution in [0, 0.1) is 24.0 Å². The molecule has 7 nitrogen and oxygen atoms in total. The molecule has 1 aromatic heterocycles. The van der Waals surface area contributed by atoms with E-state index in [1.807, 2.05) is 31.2 Å². The smallest absolute Gasteiger partial charge is 0.273 e. The van der Waals surface area contributed by atoms with Gasteiger partial charge in [0, 0.05) is 34.3 Å². The number of thioether (sulfide) groups is 1.